The van der Waals surface area contributed by atoms with E-state index in [0.29, 0.717) is 12.5 Å². The van der Waals surface area contributed by atoms with Crippen molar-refractivity contribution < 1.29 is 22.7 Å². The lowest BCUT2D eigenvalue weighted by atomic mass is 10.2. The Morgan fingerprint density at radius 1 is 1.33 bits per heavy atom. The standard InChI is InChI=1S/C16H18N2O5S/c1-2-8-18-24(21,22)14-5-3-4-13(9-14)16(20)17-10-15(19)23-11-12-6-7-12/h1,3-5,9,12,18H,6-8,10-11H2,(H,17,20). The zero-order chi connectivity index (χ0) is 17.6. The second kappa shape index (κ2) is 7.95. The van der Waals surface area contributed by atoms with Crippen LogP contribution >= 0.6 is 0 Å². The van der Waals surface area contributed by atoms with Gasteiger partial charge in [-0.3, -0.25) is 9.59 Å². The predicted molar refractivity (Wildman–Crippen MR) is 86.5 cm³/mol. The van der Waals surface area contributed by atoms with Gasteiger partial charge in [0.15, 0.2) is 0 Å². The maximum absolute atomic E-state index is 12.0. The summed E-state index contributed by atoms with van der Waals surface area (Å²) in [5.74, 6) is 1.53. The largest absolute Gasteiger partial charge is 0.464 e. The van der Waals surface area contributed by atoms with Gasteiger partial charge in [-0.2, -0.15) is 4.72 Å². The molecule has 1 fully saturated rings. The van der Waals surface area contributed by atoms with Crippen molar-refractivity contribution in [1.82, 2.24) is 10.0 Å². The van der Waals surface area contributed by atoms with E-state index in [-0.39, 0.29) is 23.5 Å². The van der Waals surface area contributed by atoms with Crippen molar-refractivity contribution in [2.75, 3.05) is 19.7 Å². The fourth-order valence-electron chi connectivity index (χ4n) is 1.83. The molecule has 8 heteroatoms. The molecule has 0 heterocycles. The van der Waals surface area contributed by atoms with Crippen LogP contribution in [0, 0.1) is 18.3 Å². The molecule has 1 amide bonds. The Labute approximate surface area is 140 Å². The zero-order valence-electron chi connectivity index (χ0n) is 12.9. The number of benzene rings is 1. The molecule has 7 nitrogen and oxygen atoms in total. The van der Waals surface area contributed by atoms with Gasteiger partial charge in [-0.05, 0) is 37.0 Å². The van der Waals surface area contributed by atoms with E-state index >= 15 is 0 Å². The number of hydrogen-bond donors (Lipinski definition) is 2. The minimum absolute atomic E-state index is 0.0818. The second-order valence-corrected chi connectivity index (χ2v) is 7.13. The van der Waals surface area contributed by atoms with E-state index in [4.69, 9.17) is 11.2 Å². The van der Waals surface area contributed by atoms with Crippen LogP contribution in [-0.2, 0) is 19.6 Å². The van der Waals surface area contributed by atoms with Crippen molar-refractivity contribution in [3.8, 4) is 12.3 Å². The van der Waals surface area contributed by atoms with E-state index in [1.54, 1.807) is 0 Å². The Morgan fingerprint density at radius 3 is 2.75 bits per heavy atom. The molecule has 0 atom stereocenters. The third-order valence-corrected chi connectivity index (χ3v) is 4.74. The monoisotopic (exact) mass is 350 g/mol. The van der Waals surface area contributed by atoms with Crippen LogP contribution < -0.4 is 10.0 Å². The Morgan fingerprint density at radius 2 is 2.08 bits per heavy atom. The molecule has 0 spiro atoms. The summed E-state index contributed by atoms with van der Waals surface area (Å²) < 4.78 is 31.1. The van der Waals surface area contributed by atoms with E-state index in [1.165, 1.54) is 24.3 Å². The van der Waals surface area contributed by atoms with Crippen LogP contribution in [0.3, 0.4) is 0 Å². The molecule has 0 radical (unpaired) electrons. The molecule has 1 saturated carbocycles. The number of carbonyl (C=O) groups excluding carboxylic acids is 2. The molecule has 0 aliphatic heterocycles. The number of hydrogen-bond acceptors (Lipinski definition) is 5. The van der Waals surface area contributed by atoms with Crippen LogP contribution in [0.5, 0.6) is 0 Å². The second-order valence-electron chi connectivity index (χ2n) is 5.37. The van der Waals surface area contributed by atoms with Crippen LogP contribution in [0.15, 0.2) is 29.2 Å². The van der Waals surface area contributed by atoms with Gasteiger partial charge in [0.25, 0.3) is 5.91 Å². The first kappa shape index (κ1) is 18.0. The average Bonchev–Trinajstić information content (AvgIpc) is 3.40. The van der Waals surface area contributed by atoms with Gasteiger partial charge in [0.05, 0.1) is 18.0 Å². The molecule has 2 rings (SSSR count). The molecule has 128 valence electrons. The molecule has 1 aromatic carbocycles. The number of sulfonamides is 1. The van der Waals surface area contributed by atoms with Gasteiger partial charge in [-0.15, -0.1) is 6.42 Å². The molecular weight excluding hydrogens is 332 g/mol. The highest BCUT2D eigenvalue weighted by Crippen LogP contribution is 2.28. The van der Waals surface area contributed by atoms with E-state index in [2.05, 4.69) is 16.0 Å². The zero-order valence-corrected chi connectivity index (χ0v) is 13.8. The van der Waals surface area contributed by atoms with Crippen LogP contribution in [0.2, 0.25) is 0 Å². The van der Waals surface area contributed by atoms with Crippen molar-refractivity contribution in [2.45, 2.75) is 17.7 Å². The first-order valence-electron chi connectivity index (χ1n) is 7.39. The molecule has 1 aliphatic carbocycles. The summed E-state index contributed by atoms with van der Waals surface area (Å²) in [5, 5.41) is 2.40. The SMILES string of the molecule is C#CCNS(=O)(=O)c1cccc(C(=O)NCC(=O)OCC2CC2)c1. The van der Waals surface area contributed by atoms with Gasteiger partial charge in [0, 0.05) is 5.56 Å². The van der Waals surface area contributed by atoms with E-state index in [1.807, 2.05) is 0 Å². The summed E-state index contributed by atoms with van der Waals surface area (Å²) in [7, 11) is -3.79. The van der Waals surface area contributed by atoms with Crippen molar-refractivity contribution >= 4 is 21.9 Å². The van der Waals surface area contributed by atoms with Crippen LogP contribution in [0.1, 0.15) is 23.2 Å². The van der Waals surface area contributed by atoms with Crippen molar-refractivity contribution in [2.24, 2.45) is 5.92 Å². The Balaban J connectivity index is 1.93. The molecule has 2 N–H and O–H groups in total. The van der Waals surface area contributed by atoms with E-state index in [0.717, 1.165) is 12.8 Å². The highest BCUT2D eigenvalue weighted by atomic mass is 32.2. The van der Waals surface area contributed by atoms with Gasteiger partial charge in [0.2, 0.25) is 10.0 Å². The highest BCUT2D eigenvalue weighted by molar-refractivity contribution is 7.89. The summed E-state index contributed by atoms with van der Waals surface area (Å²) >= 11 is 0. The summed E-state index contributed by atoms with van der Waals surface area (Å²) in [5.41, 5.74) is 0.119. The molecular formula is C16H18N2O5S. The Hall–Kier alpha value is -2.37. The van der Waals surface area contributed by atoms with Crippen LogP contribution in [0.4, 0.5) is 0 Å². The van der Waals surface area contributed by atoms with Crippen LogP contribution in [-0.4, -0.2) is 40.0 Å². The molecule has 0 saturated heterocycles. The van der Waals surface area contributed by atoms with Gasteiger partial charge in [0.1, 0.15) is 6.54 Å². The maximum Gasteiger partial charge on any atom is 0.325 e. The first-order valence-corrected chi connectivity index (χ1v) is 8.87. The van der Waals surface area contributed by atoms with Gasteiger partial charge in [-0.25, -0.2) is 8.42 Å². The number of terminal acetylenes is 1. The smallest absolute Gasteiger partial charge is 0.325 e. The number of carbonyl (C=O) groups is 2. The molecule has 0 unspecified atom stereocenters. The van der Waals surface area contributed by atoms with E-state index in [9.17, 15) is 18.0 Å². The topological polar surface area (TPSA) is 102 Å². The minimum Gasteiger partial charge on any atom is -0.464 e. The lowest BCUT2D eigenvalue weighted by Gasteiger charge is -2.08. The predicted octanol–water partition coefficient (Wildman–Crippen LogP) is 0.281. The quantitative estimate of drug-likeness (QED) is 0.518. The number of ether oxygens (including phenoxy) is 1. The number of esters is 1. The fourth-order valence-corrected chi connectivity index (χ4v) is 2.81. The lowest BCUT2D eigenvalue weighted by molar-refractivity contribution is -0.142. The highest BCUT2D eigenvalue weighted by Gasteiger charge is 2.23. The third kappa shape index (κ3) is 5.37. The molecule has 1 aliphatic rings. The van der Waals surface area contributed by atoms with Crippen molar-refractivity contribution in [3.63, 3.8) is 0 Å². The Bertz CT molecular complexity index is 763. The third-order valence-electron chi connectivity index (χ3n) is 3.34. The molecule has 0 aromatic heterocycles. The molecule has 1 aromatic rings. The number of amides is 1. The lowest BCUT2D eigenvalue weighted by Crippen LogP contribution is -2.31. The van der Waals surface area contributed by atoms with Gasteiger partial charge < -0.3 is 10.1 Å². The summed E-state index contributed by atoms with van der Waals surface area (Å²) in [6.07, 6.45) is 7.15. The van der Waals surface area contributed by atoms with Gasteiger partial charge >= 0.3 is 5.97 Å². The first-order chi connectivity index (χ1) is 11.4. The maximum atomic E-state index is 12.0. The number of rotatable bonds is 8. The normalized spacial score (nSPS) is 13.8. The molecule has 0 bridgehead atoms. The van der Waals surface area contributed by atoms with Gasteiger partial charge in [-0.1, -0.05) is 12.0 Å². The fraction of sp³-hybridized carbons (Fsp3) is 0.375. The summed E-state index contributed by atoms with van der Waals surface area (Å²) in [6, 6.07) is 5.44. The van der Waals surface area contributed by atoms with Crippen molar-refractivity contribution in [3.05, 3.63) is 29.8 Å². The average molecular weight is 350 g/mol. The van der Waals surface area contributed by atoms with E-state index < -0.39 is 21.9 Å². The summed E-state index contributed by atoms with van der Waals surface area (Å²) in [4.78, 5) is 23.4. The minimum atomic E-state index is -3.79. The van der Waals surface area contributed by atoms with Crippen molar-refractivity contribution in [1.29, 1.82) is 0 Å². The number of nitrogens with one attached hydrogen (secondary N) is 2. The summed E-state index contributed by atoms with van der Waals surface area (Å²) in [6.45, 7) is -0.0350. The van der Waals surface area contributed by atoms with Crippen LogP contribution in [0.25, 0.3) is 0 Å². The molecule has 24 heavy (non-hydrogen) atoms. The Kier molecular flexibility index (Phi) is 5.95.